The number of hydrogen-bond donors (Lipinski definition) is 1. The van der Waals surface area contributed by atoms with E-state index in [2.05, 4.69) is 5.32 Å². The minimum atomic E-state index is -4.56. The molecule has 4 rings (SSSR count). The van der Waals surface area contributed by atoms with Crippen LogP contribution in [0, 0.1) is 11.7 Å². The van der Waals surface area contributed by atoms with Crippen molar-refractivity contribution in [1.29, 1.82) is 0 Å². The van der Waals surface area contributed by atoms with Crippen molar-refractivity contribution in [3.8, 4) is 0 Å². The second-order valence-corrected chi connectivity index (χ2v) is 10.3. The Bertz CT molecular complexity index is 1230. The van der Waals surface area contributed by atoms with Crippen molar-refractivity contribution in [2.45, 2.75) is 30.0 Å². The average molecular weight is 642 g/mol. The van der Waals surface area contributed by atoms with E-state index in [1.165, 1.54) is 12.1 Å². The summed E-state index contributed by atoms with van der Waals surface area (Å²) in [7, 11) is -3.27. The third-order valence-corrected chi connectivity index (χ3v) is 6.73. The first-order chi connectivity index (χ1) is 16.4. The van der Waals surface area contributed by atoms with Gasteiger partial charge in [-0.15, -0.1) is 24.0 Å². The number of carbonyl (C=O) groups is 2. The highest BCUT2D eigenvalue weighted by atomic mass is 127. The summed E-state index contributed by atoms with van der Waals surface area (Å²) >= 11 is 0. The summed E-state index contributed by atoms with van der Waals surface area (Å²) in [5.41, 5.74) is -0.501. The molecule has 0 unspecified atom stereocenters. The van der Waals surface area contributed by atoms with Gasteiger partial charge in [0, 0.05) is 31.9 Å². The number of carbonyl (C=O) groups excluding carboxylic acids is 2. The van der Waals surface area contributed by atoms with Crippen LogP contribution < -0.4 is 5.32 Å². The molecule has 6 nitrogen and oxygen atoms in total. The maximum atomic E-state index is 13.7. The Morgan fingerprint density at radius 3 is 2.28 bits per heavy atom. The van der Waals surface area contributed by atoms with Gasteiger partial charge in [0.1, 0.15) is 5.82 Å². The fourth-order valence-electron chi connectivity index (χ4n) is 3.62. The van der Waals surface area contributed by atoms with E-state index < -0.39 is 33.4 Å². The fraction of sp³-hybridized carbons (Fsp3) is 0.333. The highest BCUT2D eigenvalue weighted by Gasteiger charge is 2.36. The van der Waals surface area contributed by atoms with E-state index in [1.54, 1.807) is 17.0 Å². The summed E-state index contributed by atoms with van der Waals surface area (Å²) in [5, 5.41) is 2.46. The monoisotopic (exact) mass is 642 g/mol. The molecule has 1 saturated carbocycles. The molecule has 12 heteroatoms. The predicted molar refractivity (Wildman–Crippen MR) is 138 cm³/mol. The Morgan fingerprint density at radius 2 is 1.78 bits per heavy atom. The summed E-state index contributed by atoms with van der Waals surface area (Å²) in [4.78, 5) is 24.3. The standard InChI is InChI=1S/C12H11F4NO.C12H13NO3S.HI.H2/c13-10-5-8(12(14,15)16)3-4-9(10)11(17-6-18)7-1-2-7;1-17(15,16)11-6-4-5-10(9-11)12(14)13-7-2-3-8-13;;/h3-7,11H,1-2H2,(H,17,18);2-6,9H,7-8H2,1H3;2*1H/t11-;;;/m1.../s1. The molecule has 2 amide bonds. The van der Waals surface area contributed by atoms with Gasteiger partial charge < -0.3 is 10.2 Å². The van der Waals surface area contributed by atoms with Gasteiger partial charge in [-0.2, -0.15) is 13.2 Å². The lowest BCUT2D eigenvalue weighted by Gasteiger charge is -2.17. The molecule has 0 radical (unpaired) electrons. The van der Waals surface area contributed by atoms with Crippen LogP contribution in [-0.4, -0.2) is 45.0 Å². The molecule has 0 saturated heterocycles. The number of nitrogens with zero attached hydrogens (tertiary/aromatic N) is 1. The number of nitrogens with one attached hydrogen (secondary N) is 1. The van der Waals surface area contributed by atoms with Crippen LogP contribution in [0.25, 0.3) is 0 Å². The number of sulfone groups is 1. The quantitative estimate of drug-likeness (QED) is 0.208. The van der Waals surface area contributed by atoms with Crippen LogP contribution in [0.4, 0.5) is 17.6 Å². The van der Waals surface area contributed by atoms with Gasteiger partial charge in [-0.05, 0) is 49.1 Å². The third kappa shape index (κ3) is 7.76. The molecule has 0 aromatic heterocycles. The predicted octanol–water partition coefficient (Wildman–Crippen LogP) is 5.01. The Hall–Kier alpha value is -2.48. The second-order valence-electron chi connectivity index (χ2n) is 8.32. The molecule has 1 heterocycles. The number of rotatable bonds is 6. The van der Waals surface area contributed by atoms with Crippen LogP contribution >= 0.6 is 24.0 Å². The summed E-state index contributed by atoms with van der Waals surface area (Å²) in [6, 6.07) is 8.01. The van der Waals surface area contributed by atoms with Gasteiger partial charge in [0.15, 0.2) is 9.84 Å². The summed E-state index contributed by atoms with van der Waals surface area (Å²) in [6.07, 6.45) is 2.52. The molecule has 1 aliphatic carbocycles. The lowest BCUT2D eigenvalue weighted by Crippen LogP contribution is -2.28. The van der Waals surface area contributed by atoms with Crippen LogP contribution in [0.15, 0.2) is 59.5 Å². The van der Waals surface area contributed by atoms with E-state index >= 15 is 0 Å². The Balaban J connectivity index is 0.000000351. The van der Waals surface area contributed by atoms with Crippen LogP contribution in [0.3, 0.4) is 0 Å². The first-order valence-electron chi connectivity index (χ1n) is 10.7. The maximum Gasteiger partial charge on any atom is 0.416 e. The van der Waals surface area contributed by atoms with Crippen molar-refractivity contribution in [2.75, 3.05) is 19.3 Å². The fourth-order valence-corrected chi connectivity index (χ4v) is 4.29. The molecule has 1 N–H and O–H groups in total. The molecule has 0 bridgehead atoms. The zero-order chi connectivity index (χ0) is 25.8. The first-order valence-corrected chi connectivity index (χ1v) is 12.6. The average Bonchev–Trinajstić information content (AvgIpc) is 3.49. The molecular weight excluding hydrogens is 615 g/mol. The summed E-state index contributed by atoms with van der Waals surface area (Å²) in [5.74, 6) is -0.960. The van der Waals surface area contributed by atoms with E-state index in [0.717, 1.165) is 31.2 Å². The van der Waals surface area contributed by atoms with Crippen molar-refractivity contribution in [3.05, 3.63) is 77.1 Å². The normalized spacial score (nSPS) is 15.9. The van der Waals surface area contributed by atoms with Crippen molar-refractivity contribution in [1.82, 2.24) is 10.2 Å². The van der Waals surface area contributed by atoms with Crippen LogP contribution in [0.5, 0.6) is 0 Å². The van der Waals surface area contributed by atoms with Crippen molar-refractivity contribution >= 4 is 46.1 Å². The van der Waals surface area contributed by atoms with Gasteiger partial charge in [0.05, 0.1) is 16.5 Å². The van der Waals surface area contributed by atoms with E-state index in [1.807, 2.05) is 12.2 Å². The first kappa shape index (κ1) is 29.7. The number of benzene rings is 2. The smallest absolute Gasteiger partial charge is 0.351 e. The molecule has 1 atom stereocenters. The van der Waals surface area contributed by atoms with Gasteiger partial charge in [0.2, 0.25) is 6.41 Å². The van der Waals surface area contributed by atoms with Crippen molar-refractivity contribution in [3.63, 3.8) is 0 Å². The lowest BCUT2D eigenvalue weighted by atomic mass is 10.00. The number of halogens is 5. The van der Waals surface area contributed by atoms with Gasteiger partial charge in [-0.25, -0.2) is 12.8 Å². The highest BCUT2D eigenvalue weighted by Crippen LogP contribution is 2.42. The van der Waals surface area contributed by atoms with Gasteiger partial charge >= 0.3 is 6.18 Å². The second kappa shape index (κ2) is 12.2. The largest absolute Gasteiger partial charge is 0.416 e. The molecule has 0 spiro atoms. The van der Waals surface area contributed by atoms with Crippen molar-refractivity contribution < 1.29 is 37.0 Å². The SMILES string of the molecule is CS(=O)(=O)c1cccc(C(=O)N2CC=CC2)c1.I.O=CN[C@@H](c1ccc(C(F)(F)F)cc1F)C1CC1.[HH]. The molecule has 2 aliphatic rings. The molecule has 2 aromatic carbocycles. The van der Waals surface area contributed by atoms with E-state index in [4.69, 9.17) is 0 Å². The summed E-state index contributed by atoms with van der Waals surface area (Å²) in [6.45, 7) is 1.17. The molecule has 2 aromatic rings. The van der Waals surface area contributed by atoms with Crippen LogP contribution in [-0.2, 0) is 20.8 Å². The van der Waals surface area contributed by atoms with Crippen molar-refractivity contribution in [2.24, 2.45) is 5.92 Å². The third-order valence-electron chi connectivity index (χ3n) is 5.62. The maximum absolute atomic E-state index is 13.7. The summed E-state index contributed by atoms with van der Waals surface area (Å²) < 4.78 is 73.6. The van der Waals surface area contributed by atoms with Gasteiger partial charge in [-0.1, -0.05) is 24.3 Å². The number of hydrogen-bond acceptors (Lipinski definition) is 4. The topological polar surface area (TPSA) is 83.6 Å². The Labute approximate surface area is 225 Å². The minimum Gasteiger partial charge on any atom is -0.351 e. The molecular formula is C24H27F4IN2O4S. The van der Waals surface area contributed by atoms with Gasteiger partial charge in [0.25, 0.3) is 5.91 Å². The molecule has 1 aliphatic heterocycles. The lowest BCUT2D eigenvalue weighted by molar-refractivity contribution is -0.137. The zero-order valence-corrected chi connectivity index (χ0v) is 22.3. The van der Waals surface area contributed by atoms with Crippen LogP contribution in [0.2, 0.25) is 0 Å². The molecule has 36 heavy (non-hydrogen) atoms. The van der Waals surface area contributed by atoms with E-state index in [-0.39, 0.29) is 47.7 Å². The molecule has 198 valence electrons. The number of amides is 2. The number of alkyl halides is 3. The zero-order valence-electron chi connectivity index (χ0n) is 19.2. The Morgan fingerprint density at radius 1 is 1.14 bits per heavy atom. The molecule has 1 fully saturated rings. The van der Waals surface area contributed by atoms with E-state index in [0.29, 0.717) is 31.1 Å². The highest BCUT2D eigenvalue weighted by molar-refractivity contribution is 14.0. The van der Waals surface area contributed by atoms with Gasteiger partial charge in [-0.3, -0.25) is 9.59 Å². The van der Waals surface area contributed by atoms with Crippen LogP contribution in [0.1, 0.15) is 41.8 Å². The minimum absolute atomic E-state index is 0. The van der Waals surface area contributed by atoms with E-state index in [9.17, 15) is 35.6 Å². The Kier molecular flexibility index (Phi) is 10.1.